The highest BCUT2D eigenvalue weighted by atomic mass is 32.1. The predicted octanol–water partition coefficient (Wildman–Crippen LogP) is 3.02. The summed E-state index contributed by atoms with van der Waals surface area (Å²) in [7, 11) is 3.45. The number of benzene rings is 1. The van der Waals surface area contributed by atoms with E-state index >= 15 is 0 Å². The molecule has 0 unspecified atom stereocenters. The fraction of sp³-hybridized carbons (Fsp3) is 0.450. The van der Waals surface area contributed by atoms with Gasteiger partial charge in [0.2, 0.25) is 0 Å². The summed E-state index contributed by atoms with van der Waals surface area (Å²) in [5, 5.41) is 0. The first kappa shape index (κ1) is 18.9. The van der Waals surface area contributed by atoms with Gasteiger partial charge in [0.1, 0.15) is 10.7 Å². The van der Waals surface area contributed by atoms with Gasteiger partial charge in [0.25, 0.3) is 5.91 Å². The van der Waals surface area contributed by atoms with Crippen molar-refractivity contribution >= 4 is 23.3 Å². The molecule has 2 aliphatic heterocycles. The number of carbonyl (C=O) groups is 2. The monoisotopic (exact) mass is 402 g/mol. The zero-order chi connectivity index (χ0) is 20.0. The minimum atomic E-state index is -0.315. The first-order valence-corrected chi connectivity index (χ1v) is 10.2. The van der Waals surface area contributed by atoms with E-state index in [1.807, 2.05) is 22.8 Å². The Morgan fingerprint density at radius 2 is 2.04 bits per heavy atom. The number of urea groups is 1. The highest BCUT2D eigenvalue weighted by molar-refractivity contribution is 7.11. The third-order valence-electron chi connectivity index (χ3n) is 5.71. The van der Waals surface area contributed by atoms with Gasteiger partial charge in [0.15, 0.2) is 0 Å². The highest BCUT2D eigenvalue weighted by Crippen LogP contribution is 2.45. The summed E-state index contributed by atoms with van der Waals surface area (Å²) in [4.78, 5) is 35.8. The molecule has 6 nitrogen and oxygen atoms in total. The minimum absolute atomic E-state index is 0.00196. The van der Waals surface area contributed by atoms with Crippen LogP contribution in [0.25, 0.3) is 0 Å². The molecule has 0 N–H and O–H groups in total. The molecule has 2 fully saturated rings. The number of likely N-dealkylation sites (tertiary alicyclic amines) is 2. The third kappa shape index (κ3) is 3.15. The number of hydrogen-bond acceptors (Lipinski definition) is 4. The number of rotatable bonds is 2. The summed E-state index contributed by atoms with van der Waals surface area (Å²) >= 11 is 1.36. The zero-order valence-corrected chi connectivity index (χ0v) is 16.9. The van der Waals surface area contributed by atoms with E-state index in [1.54, 1.807) is 30.6 Å². The quantitative estimate of drug-likeness (QED) is 0.776. The molecule has 8 heteroatoms. The van der Waals surface area contributed by atoms with Crippen molar-refractivity contribution in [2.24, 2.45) is 11.8 Å². The molecule has 0 saturated carbocycles. The average Bonchev–Trinajstić information content (AvgIpc) is 3.33. The maximum absolute atomic E-state index is 13.9. The van der Waals surface area contributed by atoms with Gasteiger partial charge in [0, 0.05) is 45.6 Å². The van der Waals surface area contributed by atoms with Crippen LogP contribution in [-0.2, 0) is 0 Å². The molecular formula is C20H23FN4O2S. The van der Waals surface area contributed by atoms with Crippen LogP contribution in [0.2, 0.25) is 0 Å². The lowest BCUT2D eigenvalue weighted by molar-refractivity contribution is 0.0770. The molecule has 0 bridgehead atoms. The van der Waals surface area contributed by atoms with Crippen LogP contribution in [0.1, 0.15) is 27.0 Å². The summed E-state index contributed by atoms with van der Waals surface area (Å²) in [5.41, 5.74) is 3.22. The summed E-state index contributed by atoms with van der Waals surface area (Å²) in [6, 6.07) is 6.13. The van der Waals surface area contributed by atoms with Crippen LogP contribution in [-0.4, -0.2) is 65.4 Å². The van der Waals surface area contributed by atoms with Gasteiger partial charge < -0.3 is 14.7 Å². The number of aryl methyl sites for hydroxylation is 1. The molecule has 0 aliphatic carbocycles. The molecule has 3 atom stereocenters. The van der Waals surface area contributed by atoms with Gasteiger partial charge in [-0.05, 0) is 24.6 Å². The molecule has 1 aromatic carbocycles. The smallest absolute Gasteiger partial charge is 0.320 e. The second kappa shape index (κ2) is 7.16. The van der Waals surface area contributed by atoms with Gasteiger partial charge in [-0.2, -0.15) is 0 Å². The second-order valence-electron chi connectivity index (χ2n) is 7.73. The van der Waals surface area contributed by atoms with Gasteiger partial charge >= 0.3 is 6.03 Å². The second-order valence-corrected chi connectivity index (χ2v) is 8.58. The van der Waals surface area contributed by atoms with Crippen molar-refractivity contribution in [2.75, 3.05) is 33.7 Å². The normalized spacial score (nSPS) is 23.8. The van der Waals surface area contributed by atoms with Gasteiger partial charge in [-0.25, -0.2) is 14.2 Å². The molecule has 2 saturated heterocycles. The lowest BCUT2D eigenvalue weighted by Gasteiger charge is -2.31. The standard InChI is InChI=1S/C20H23FN4O2S/c1-12-18(28-11-22-12)19(26)24-8-14-9-25(20(27)23(2)3)17(16(14)10-24)13-5-4-6-15(21)7-13/h4-7,11,14,16-17H,8-10H2,1-3H3/t14-,16-,17-/m1/s1. The Kier molecular flexibility index (Phi) is 4.82. The van der Waals surface area contributed by atoms with Crippen LogP contribution in [0.4, 0.5) is 9.18 Å². The Morgan fingerprint density at radius 1 is 1.25 bits per heavy atom. The van der Waals surface area contributed by atoms with Crippen LogP contribution in [0.15, 0.2) is 29.8 Å². The topological polar surface area (TPSA) is 56.8 Å². The molecule has 3 amide bonds. The number of fused-ring (bicyclic) bond motifs is 1. The van der Waals surface area contributed by atoms with Crippen molar-refractivity contribution in [2.45, 2.75) is 13.0 Å². The fourth-order valence-corrected chi connectivity index (χ4v) is 5.20. The lowest BCUT2D eigenvalue weighted by Crippen LogP contribution is -2.42. The summed E-state index contributed by atoms with van der Waals surface area (Å²) in [5.74, 6) is -0.0560. The Bertz CT molecular complexity index is 915. The van der Waals surface area contributed by atoms with Gasteiger partial charge in [-0.3, -0.25) is 4.79 Å². The molecule has 0 radical (unpaired) electrons. The molecule has 148 valence electrons. The van der Waals surface area contributed by atoms with Gasteiger partial charge in [-0.15, -0.1) is 11.3 Å². The number of aromatic nitrogens is 1. The molecule has 4 rings (SSSR count). The summed E-state index contributed by atoms with van der Waals surface area (Å²) in [6.07, 6.45) is 0. The third-order valence-corrected chi connectivity index (χ3v) is 6.63. The minimum Gasteiger partial charge on any atom is -0.337 e. The number of hydrogen-bond donors (Lipinski definition) is 0. The number of halogens is 1. The number of thiazole rings is 1. The molecular weight excluding hydrogens is 379 g/mol. The van der Waals surface area contributed by atoms with Crippen LogP contribution in [0.5, 0.6) is 0 Å². The van der Waals surface area contributed by atoms with Crippen molar-refractivity contribution in [3.05, 3.63) is 51.7 Å². The van der Waals surface area contributed by atoms with Crippen molar-refractivity contribution in [3.63, 3.8) is 0 Å². The first-order valence-electron chi connectivity index (χ1n) is 9.29. The van der Waals surface area contributed by atoms with Crippen LogP contribution >= 0.6 is 11.3 Å². The van der Waals surface area contributed by atoms with E-state index < -0.39 is 0 Å². The van der Waals surface area contributed by atoms with Crippen LogP contribution in [0.3, 0.4) is 0 Å². The summed E-state index contributed by atoms with van der Waals surface area (Å²) < 4.78 is 13.9. The largest absolute Gasteiger partial charge is 0.337 e. The SMILES string of the molecule is Cc1ncsc1C(=O)N1C[C@@H]2CN(C(=O)N(C)C)[C@H](c3cccc(F)c3)[C@@H]2C1. The van der Waals surface area contributed by atoms with Crippen molar-refractivity contribution in [1.82, 2.24) is 19.7 Å². The number of nitrogens with zero attached hydrogens (tertiary/aromatic N) is 4. The Balaban J connectivity index is 1.63. The molecule has 2 aliphatic rings. The molecule has 3 heterocycles. The highest BCUT2D eigenvalue weighted by Gasteiger charge is 2.50. The van der Waals surface area contributed by atoms with Gasteiger partial charge in [-0.1, -0.05) is 12.1 Å². The van der Waals surface area contributed by atoms with E-state index in [2.05, 4.69) is 4.98 Å². The van der Waals surface area contributed by atoms with Crippen LogP contribution in [0, 0.1) is 24.6 Å². The van der Waals surface area contributed by atoms with E-state index in [0.29, 0.717) is 24.5 Å². The van der Waals surface area contributed by atoms with E-state index in [0.717, 1.165) is 11.3 Å². The van der Waals surface area contributed by atoms with E-state index in [1.165, 1.54) is 23.5 Å². The van der Waals surface area contributed by atoms with Crippen LogP contribution < -0.4 is 0 Å². The number of amides is 3. The predicted molar refractivity (Wildman–Crippen MR) is 105 cm³/mol. The van der Waals surface area contributed by atoms with Crippen molar-refractivity contribution < 1.29 is 14.0 Å². The van der Waals surface area contributed by atoms with Gasteiger partial charge in [0.05, 0.1) is 17.2 Å². The average molecular weight is 402 g/mol. The van der Waals surface area contributed by atoms with E-state index in [9.17, 15) is 14.0 Å². The lowest BCUT2D eigenvalue weighted by atomic mass is 9.89. The van der Waals surface area contributed by atoms with E-state index in [4.69, 9.17) is 0 Å². The number of carbonyl (C=O) groups excluding carboxylic acids is 2. The Labute approximate surface area is 167 Å². The maximum Gasteiger partial charge on any atom is 0.320 e. The Morgan fingerprint density at radius 3 is 2.68 bits per heavy atom. The molecule has 0 spiro atoms. The summed E-state index contributed by atoms with van der Waals surface area (Å²) in [6.45, 7) is 3.56. The molecule has 1 aromatic heterocycles. The fourth-order valence-electron chi connectivity index (χ4n) is 4.43. The van der Waals surface area contributed by atoms with Crippen molar-refractivity contribution in [1.29, 1.82) is 0 Å². The van der Waals surface area contributed by atoms with E-state index in [-0.39, 0.29) is 35.6 Å². The first-order chi connectivity index (χ1) is 13.4. The molecule has 2 aromatic rings. The van der Waals surface area contributed by atoms with Crippen molar-refractivity contribution in [3.8, 4) is 0 Å². The zero-order valence-electron chi connectivity index (χ0n) is 16.1. The Hall–Kier alpha value is -2.48. The molecule has 28 heavy (non-hydrogen) atoms. The maximum atomic E-state index is 13.9.